The Hall–Kier alpha value is -1.83. The lowest BCUT2D eigenvalue weighted by atomic mass is 9.88. The van der Waals surface area contributed by atoms with Crippen molar-refractivity contribution in [3.05, 3.63) is 59.7 Å². The molecule has 2 heterocycles. The van der Waals surface area contributed by atoms with E-state index >= 15 is 0 Å². The van der Waals surface area contributed by atoms with Crippen LogP contribution in [0.25, 0.3) is 0 Å². The highest BCUT2D eigenvalue weighted by molar-refractivity contribution is 7.89. The van der Waals surface area contributed by atoms with Gasteiger partial charge in [0.1, 0.15) is 5.82 Å². The van der Waals surface area contributed by atoms with Gasteiger partial charge in [0.05, 0.1) is 10.9 Å². The van der Waals surface area contributed by atoms with E-state index in [4.69, 9.17) is 4.74 Å². The van der Waals surface area contributed by atoms with Crippen LogP contribution in [0.5, 0.6) is 0 Å². The van der Waals surface area contributed by atoms with Crippen LogP contribution >= 0.6 is 0 Å². The molecule has 1 fully saturated rings. The maximum Gasteiger partial charge on any atom is 0.241 e. The van der Waals surface area contributed by atoms with Gasteiger partial charge in [0.2, 0.25) is 10.0 Å². The summed E-state index contributed by atoms with van der Waals surface area (Å²) in [4.78, 5) is 4.18. The number of sulfonamides is 1. The van der Waals surface area contributed by atoms with Gasteiger partial charge in [0, 0.05) is 25.6 Å². The summed E-state index contributed by atoms with van der Waals surface area (Å²) in [6, 6.07) is 7.07. The van der Waals surface area contributed by atoms with Gasteiger partial charge in [-0.3, -0.25) is 4.98 Å². The lowest BCUT2D eigenvalue weighted by Gasteiger charge is -2.31. The van der Waals surface area contributed by atoms with Gasteiger partial charge in [-0.15, -0.1) is 0 Å². The highest BCUT2D eigenvalue weighted by atomic mass is 32.2. The molecule has 2 aromatic rings. The highest BCUT2D eigenvalue weighted by Gasteiger charge is 2.30. The highest BCUT2D eigenvalue weighted by Crippen LogP contribution is 2.31. The third kappa shape index (κ3) is 4.23. The van der Waals surface area contributed by atoms with Gasteiger partial charge >= 0.3 is 0 Å². The van der Waals surface area contributed by atoms with Crippen molar-refractivity contribution in [1.82, 2.24) is 9.71 Å². The predicted octanol–water partition coefficient (Wildman–Crippen LogP) is 2.98. The molecule has 1 aliphatic rings. The minimum Gasteiger partial charge on any atom is -0.381 e. The van der Waals surface area contributed by atoms with Crippen molar-refractivity contribution in [1.29, 1.82) is 0 Å². The number of rotatable bonds is 5. The van der Waals surface area contributed by atoms with Crippen molar-refractivity contribution < 1.29 is 17.5 Å². The normalized spacial score (nSPS) is 17.4. The van der Waals surface area contributed by atoms with Crippen molar-refractivity contribution in [3.63, 3.8) is 0 Å². The van der Waals surface area contributed by atoms with E-state index in [0.717, 1.165) is 18.4 Å². The molecule has 0 amide bonds. The van der Waals surface area contributed by atoms with Crippen LogP contribution in [0.3, 0.4) is 0 Å². The molecule has 0 saturated carbocycles. The van der Waals surface area contributed by atoms with Crippen LogP contribution < -0.4 is 4.72 Å². The van der Waals surface area contributed by atoms with E-state index in [2.05, 4.69) is 9.71 Å². The van der Waals surface area contributed by atoms with Crippen LogP contribution in [0, 0.1) is 18.7 Å². The van der Waals surface area contributed by atoms with Crippen LogP contribution in [-0.4, -0.2) is 26.6 Å². The predicted molar refractivity (Wildman–Crippen MR) is 92.0 cm³/mol. The third-order valence-electron chi connectivity index (χ3n) is 4.50. The second-order valence-electron chi connectivity index (χ2n) is 6.25. The average molecular weight is 364 g/mol. The van der Waals surface area contributed by atoms with Gasteiger partial charge in [-0.05, 0) is 61.1 Å². The Kier molecular flexibility index (Phi) is 5.46. The molecule has 0 bridgehead atoms. The first kappa shape index (κ1) is 18.0. The summed E-state index contributed by atoms with van der Waals surface area (Å²) in [7, 11) is -3.78. The Balaban J connectivity index is 1.92. The molecule has 25 heavy (non-hydrogen) atoms. The monoisotopic (exact) mass is 364 g/mol. The van der Waals surface area contributed by atoms with E-state index in [1.807, 2.05) is 6.07 Å². The fraction of sp³-hybridized carbons (Fsp3) is 0.389. The number of aromatic nitrogens is 1. The lowest BCUT2D eigenvalue weighted by molar-refractivity contribution is 0.0564. The molecule has 5 nitrogen and oxygen atoms in total. The zero-order chi connectivity index (χ0) is 17.9. The molecule has 0 spiro atoms. The van der Waals surface area contributed by atoms with Gasteiger partial charge < -0.3 is 4.74 Å². The Morgan fingerprint density at radius 2 is 2.04 bits per heavy atom. The zero-order valence-corrected chi connectivity index (χ0v) is 14.8. The first-order valence-electron chi connectivity index (χ1n) is 8.23. The second-order valence-corrected chi connectivity index (χ2v) is 7.96. The van der Waals surface area contributed by atoms with Gasteiger partial charge in [-0.25, -0.2) is 17.5 Å². The van der Waals surface area contributed by atoms with Gasteiger partial charge in [0.25, 0.3) is 0 Å². The van der Waals surface area contributed by atoms with E-state index in [1.54, 1.807) is 25.4 Å². The first-order valence-corrected chi connectivity index (χ1v) is 9.72. The van der Waals surface area contributed by atoms with Crippen molar-refractivity contribution in [2.75, 3.05) is 13.2 Å². The minimum atomic E-state index is -3.78. The molecule has 0 aliphatic carbocycles. The maximum absolute atomic E-state index is 13.5. The lowest BCUT2D eigenvalue weighted by Crippen LogP contribution is -2.36. The summed E-state index contributed by atoms with van der Waals surface area (Å²) < 4.78 is 47.3. The number of nitrogens with zero attached hydrogens (tertiary/aromatic N) is 1. The number of pyridine rings is 1. The van der Waals surface area contributed by atoms with Crippen molar-refractivity contribution >= 4 is 10.0 Å². The molecule has 3 rings (SSSR count). The molecule has 7 heteroatoms. The first-order chi connectivity index (χ1) is 12.0. The molecule has 1 aromatic heterocycles. The summed E-state index contributed by atoms with van der Waals surface area (Å²) in [5.41, 5.74) is 1.11. The van der Waals surface area contributed by atoms with Crippen molar-refractivity contribution in [3.8, 4) is 0 Å². The summed E-state index contributed by atoms with van der Waals surface area (Å²) >= 11 is 0. The molecular weight excluding hydrogens is 343 g/mol. The summed E-state index contributed by atoms with van der Waals surface area (Å²) in [5.74, 6) is -0.304. The van der Waals surface area contributed by atoms with Crippen molar-refractivity contribution in [2.24, 2.45) is 5.92 Å². The smallest absolute Gasteiger partial charge is 0.241 e. The van der Waals surface area contributed by atoms with Crippen LogP contribution in [-0.2, 0) is 14.8 Å². The third-order valence-corrected chi connectivity index (χ3v) is 5.94. The van der Waals surface area contributed by atoms with Crippen LogP contribution in [0.1, 0.15) is 30.0 Å². The molecule has 1 atom stereocenters. The van der Waals surface area contributed by atoms with Gasteiger partial charge in [-0.2, -0.15) is 0 Å². The van der Waals surface area contributed by atoms with E-state index in [1.165, 1.54) is 18.2 Å². The Morgan fingerprint density at radius 1 is 1.28 bits per heavy atom. The number of ether oxygens (including phenoxy) is 1. The standard InChI is InChI=1S/C18H21FN2O3S/c1-13-11-16(4-5-17(13)19)25(22,23)21-18(14-6-9-24-10-7-14)15-3-2-8-20-12-15/h2-5,8,11-12,14,18,21H,6-7,9-10H2,1H3. The van der Waals surface area contributed by atoms with Gasteiger partial charge in [-0.1, -0.05) is 6.07 Å². The quantitative estimate of drug-likeness (QED) is 0.886. The molecule has 1 unspecified atom stereocenters. The van der Waals surface area contributed by atoms with Gasteiger partial charge in [0.15, 0.2) is 0 Å². The molecule has 1 saturated heterocycles. The number of halogens is 1. The Bertz CT molecular complexity index is 821. The van der Waals surface area contributed by atoms with E-state index in [0.29, 0.717) is 18.8 Å². The minimum absolute atomic E-state index is 0.0624. The van der Waals surface area contributed by atoms with Crippen LogP contribution in [0.15, 0.2) is 47.6 Å². The second kappa shape index (κ2) is 7.59. The molecule has 1 aromatic carbocycles. The van der Waals surface area contributed by atoms with E-state index < -0.39 is 21.9 Å². The van der Waals surface area contributed by atoms with Crippen molar-refractivity contribution in [2.45, 2.75) is 30.7 Å². The molecule has 1 N–H and O–H groups in total. The summed E-state index contributed by atoms with van der Waals surface area (Å²) in [6.07, 6.45) is 4.87. The summed E-state index contributed by atoms with van der Waals surface area (Å²) in [5, 5.41) is 0. The largest absolute Gasteiger partial charge is 0.381 e. The molecule has 1 aliphatic heterocycles. The van der Waals surface area contributed by atoms with E-state index in [9.17, 15) is 12.8 Å². The van der Waals surface area contributed by atoms with Crippen LogP contribution in [0.4, 0.5) is 4.39 Å². The summed E-state index contributed by atoms with van der Waals surface area (Å²) in [6.45, 7) is 2.77. The number of benzene rings is 1. The molecule has 0 radical (unpaired) electrons. The average Bonchev–Trinajstić information content (AvgIpc) is 2.63. The number of hydrogen-bond donors (Lipinski definition) is 1. The Labute approximate surface area is 147 Å². The fourth-order valence-electron chi connectivity index (χ4n) is 3.07. The fourth-order valence-corrected chi connectivity index (χ4v) is 4.44. The van der Waals surface area contributed by atoms with E-state index in [-0.39, 0.29) is 10.8 Å². The van der Waals surface area contributed by atoms with Crippen LogP contribution in [0.2, 0.25) is 0 Å². The SMILES string of the molecule is Cc1cc(S(=O)(=O)NC(c2cccnc2)C2CCOCC2)ccc1F. The Morgan fingerprint density at radius 3 is 2.68 bits per heavy atom. The number of nitrogens with one attached hydrogen (secondary N) is 1. The number of hydrogen-bond acceptors (Lipinski definition) is 4. The molecule has 134 valence electrons. The zero-order valence-electron chi connectivity index (χ0n) is 14.0. The topological polar surface area (TPSA) is 68.3 Å². The maximum atomic E-state index is 13.5. The molecular formula is C18H21FN2O3S. The number of aryl methyl sites for hydroxylation is 1.